The van der Waals surface area contributed by atoms with Gasteiger partial charge >= 0.3 is 0 Å². The molecule has 6 heteroatoms. The topological polar surface area (TPSA) is 54.9 Å². The van der Waals surface area contributed by atoms with Crippen molar-refractivity contribution in [3.63, 3.8) is 0 Å². The molecule has 1 saturated carbocycles. The summed E-state index contributed by atoms with van der Waals surface area (Å²) in [5.74, 6) is 1.75. The van der Waals surface area contributed by atoms with E-state index in [0.717, 1.165) is 83.6 Å². The Morgan fingerprint density at radius 1 is 1.00 bits per heavy atom. The highest BCUT2D eigenvalue weighted by Gasteiger charge is 2.20. The predicted octanol–water partition coefficient (Wildman–Crippen LogP) is 4.02. The van der Waals surface area contributed by atoms with E-state index >= 15 is 0 Å². The number of nitrogens with zero attached hydrogens (tertiary/aromatic N) is 1. The molecule has 0 heterocycles. The summed E-state index contributed by atoms with van der Waals surface area (Å²) in [6.45, 7) is 8.08. The van der Waals surface area contributed by atoms with Gasteiger partial charge in [-0.05, 0) is 56.9 Å². The number of rotatable bonds is 15. The summed E-state index contributed by atoms with van der Waals surface area (Å²) >= 11 is 0. The third-order valence-corrected chi connectivity index (χ3v) is 4.50. The molecule has 0 aromatic heterocycles. The summed E-state index contributed by atoms with van der Waals surface area (Å²) in [4.78, 5) is 4.61. The molecule has 1 aliphatic rings. The van der Waals surface area contributed by atoms with E-state index in [1.807, 2.05) is 6.07 Å². The van der Waals surface area contributed by atoms with Crippen LogP contribution >= 0.6 is 24.0 Å². The normalized spacial score (nSPS) is 13.8. The van der Waals surface area contributed by atoms with E-state index in [2.05, 4.69) is 46.8 Å². The molecule has 2 rings (SSSR count). The summed E-state index contributed by atoms with van der Waals surface area (Å²) in [5.41, 5.74) is 1.34. The van der Waals surface area contributed by atoms with E-state index in [1.54, 1.807) is 0 Å². The Hall–Kier alpha value is -0.860. The average Bonchev–Trinajstić information content (AvgIpc) is 3.51. The van der Waals surface area contributed by atoms with Crippen molar-refractivity contribution in [2.24, 2.45) is 10.9 Å². The maximum absolute atomic E-state index is 5.73. The van der Waals surface area contributed by atoms with Crippen LogP contribution in [0.4, 0.5) is 0 Å². The molecule has 0 amide bonds. The molecule has 0 spiro atoms. The Morgan fingerprint density at radius 3 is 2.54 bits per heavy atom. The van der Waals surface area contributed by atoms with Gasteiger partial charge in [0.1, 0.15) is 0 Å². The molecule has 0 radical (unpaired) electrons. The fourth-order valence-electron chi connectivity index (χ4n) is 2.71. The standard InChI is InChI=1S/C22H37N3O2.HI/c1-2-23-22(25-15-8-17-27-19-21-11-12-21)24-14-6-7-16-26-18-13-20-9-4-3-5-10-20;/h3-5,9-10,21H,2,6-8,11-19H2,1H3,(H2,23,24,25);1H. The first kappa shape index (κ1) is 25.2. The SMILES string of the molecule is CCNC(=NCCCOCC1CC1)NCCCCOCCc1ccccc1.I. The third kappa shape index (κ3) is 13.3. The minimum absolute atomic E-state index is 0. The van der Waals surface area contributed by atoms with Gasteiger partial charge in [-0.3, -0.25) is 4.99 Å². The molecule has 0 bridgehead atoms. The lowest BCUT2D eigenvalue weighted by Gasteiger charge is -2.11. The van der Waals surface area contributed by atoms with Gasteiger partial charge in [0.05, 0.1) is 6.61 Å². The molecule has 0 aliphatic heterocycles. The number of halogens is 1. The highest BCUT2D eigenvalue weighted by Crippen LogP contribution is 2.28. The maximum Gasteiger partial charge on any atom is 0.191 e. The van der Waals surface area contributed by atoms with Gasteiger partial charge in [0.15, 0.2) is 5.96 Å². The number of unbranched alkanes of at least 4 members (excludes halogenated alkanes) is 1. The summed E-state index contributed by atoms with van der Waals surface area (Å²) in [6.07, 6.45) is 6.82. The summed E-state index contributed by atoms with van der Waals surface area (Å²) < 4.78 is 11.4. The van der Waals surface area contributed by atoms with Crippen LogP contribution in [-0.4, -0.2) is 52.0 Å². The van der Waals surface area contributed by atoms with Gasteiger partial charge in [0.2, 0.25) is 0 Å². The van der Waals surface area contributed by atoms with Crippen LogP contribution in [0.2, 0.25) is 0 Å². The zero-order valence-corrected chi connectivity index (χ0v) is 19.7. The fourth-order valence-corrected chi connectivity index (χ4v) is 2.71. The summed E-state index contributed by atoms with van der Waals surface area (Å²) in [6, 6.07) is 10.5. The van der Waals surface area contributed by atoms with Gasteiger partial charge in [-0.1, -0.05) is 30.3 Å². The molecule has 160 valence electrons. The minimum Gasteiger partial charge on any atom is -0.381 e. The third-order valence-electron chi connectivity index (χ3n) is 4.50. The van der Waals surface area contributed by atoms with Crippen LogP contribution in [-0.2, 0) is 15.9 Å². The molecule has 5 nitrogen and oxygen atoms in total. The van der Waals surface area contributed by atoms with E-state index in [4.69, 9.17) is 9.47 Å². The first-order chi connectivity index (χ1) is 13.4. The Bertz CT molecular complexity index is 510. The maximum atomic E-state index is 5.73. The lowest BCUT2D eigenvalue weighted by atomic mass is 10.2. The Balaban J connectivity index is 0.00000392. The smallest absolute Gasteiger partial charge is 0.191 e. The molecule has 28 heavy (non-hydrogen) atoms. The van der Waals surface area contributed by atoms with Crippen LogP contribution < -0.4 is 10.6 Å². The molecule has 0 unspecified atom stereocenters. The predicted molar refractivity (Wildman–Crippen MR) is 128 cm³/mol. The minimum atomic E-state index is 0. The van der Waals surface area contributed by atoms with Gasteiger partial charge in [0, 0.05) is 39.5 Å². The quantitative estimate of drug-likeness (QED) is 0.164. The number of hydrogen-bond donors (Lipinski definition) is 2. The van der Waals surface area contributed by atoms with Gasteiger partial charge in [0.25, 0.3) is 0 Å². The Labute approximate surface area is 188 Å². The van der Waals surface area contributed by atoms with Crippen molar-refractivity contribution >= 4 is 29.9 Å². The van der Waals surface area contributed by atoms with Crippen LogP contribution in [0.1, 0.15) is 44.6 Å². The lowest BCUT2D eigenvalue weighted by molar-refractivity contribution is 0.123. The van der Waals surface area contributed by atoms with E-state index < -0.39 is 0 Å². The van der Waals surface area contributed by atoms with Crippen LogP contribution in [0, 0.1) is 5.92 Å². The number of aliphatic imine (C=N–C) groups is 1. The molecular weight excluding hydrogens is 465 g/mol. The molecule has 1 aromatic rings. The van der Waals surface area contributed by atoms with E-state index in [1.165, 1.54) is 18.4 Å². The average molecular weight is 503 g/mol. The van der Waals surface area contributed by atoms with Crippen molar-refractivity contribution in [1.29, 1.82) is 0 Å². The molecule has 0 atom stereocenters. The second kappa shape index (κ2) is 17.0. The van der Waals surface area contributed by atoms with E-state index in [0.29, 0.717) is 0 Å². The number of nitrogens with one attached hydrogen (secondary N) is 2. The van der Waals surface area contributed by atoms with Crippen molar-refractivity contribution in [2.45, 2.75) is 45.4 Å². The van der Waals surface area contributed by atoms with E-state index in [-0.39, 0.29) is 24.0 Å². The van der Waals surface area contributed by atoms with Crippen LogP contribution in [0.25, 0.3) is 0 Å². The second-order valence-corrected chi connectivity index (χ2v) is 7.11. The largest absolute Gasteiger partial charge is 0.381 e. The van der Waals surface area contributed by atoms with Crippen LogP contribution in [0.15, 0.2) is 35.3 Å². The van der Waals surface area contributed by atoms with Crippen LogP contribution in [0.5, 0.6) is 0 Å². The van der Waals surface area contributed by atoms with Crippen molar-refractivity contribution in [2.75, 3.05) is 46.1 Å². The molecule has 0 saturated heterocycles. The Morgan fingerprint density at radius 2 is 1.79 bits per heavy atom. The van der Waals surface area contributed by atoms with Gasteiger partial charge in [-0.25, -0.2) is 0 Å². The first-order valence-electron chi connectivity index (χ1n) is 10.6. The van der Waals surface area contributed by atoms with Crippen molar-refractivity contribution < 1.29 is 9.47 Å². The molecule has 1 aromatic carbocycles. The zero-order valence-electron chi connectivity index (χ0n) is 17.3. The van der Waals surface area contributed by atoms with Crippen molar-refractivity contribution in [1.82, 2.24) is 10.6 Å². The Kier molecular flexibility index (Phi) is 15.3. The van der Waals surface area contributed by atoms with E-state index in [9.17, 15) is 0 Å². The number of benzene rings is 1. The highest BCUT2D eigenvalue weighted by atomic mass is 127. The first-order valence-corrected chi connectivity index (χ1v) is 10.6. The number of hydrogen-bond acceptors (Lipinski definition) is 3. The molecule has 1 aliphatic carbocycles. The van der Waals surface area contributed by atoms with Crippen molar-refractivity contribution in [3.8, 4) is 0 Å². The molecule has 1 fully saturated rings. The zero-order chi connectivity index (χ0) is 19.0. The highest BCUT2D eigenvalue weighted by molar-refractivity contribution is 14.0. The molecular formula is C22H38IN3O2. The molecule has 2 N–H and O–H groups in total. The second-order valence-electron chi connectivity index (χ2n) is 7.11. The monoisotopic (exact) mass is 503 g/mol. The number of ether oxygens (including phenoxy) is 2. The lowest BCUT2D eigenvalue weighted by Crippen LogP contribution is -2.38. The fraction of sp³-hybridized carbons (Fsp3) is 0.682. The van der Waals surface area contributed by atoms with Gasteiger partial charge in [-0.15, -0.1) is 24.0 Å². The van der Waals surface area contributed by atoms with Crippen molar-refractivity contribution in [3.05, 3.63) is 35.9 Å². The summed E-state index contributed by atoms with van der Waals surface area (Å²) in [5, 5.41) is 6.70. The van der Waals surface area contributed by atoms with Crippen LogP contribution in [0.3, 0.4) is 0 Å². The number of guanidine groups is 1. The van der Waals surface area contributed by atoms with Gasteiger partial charge in [-0.2, -0.15) is 0 Å². The summed E-state index contributed by atoms with van der Waals surface area (Å²) in [7, 11) is 0. The van der Waals surface area contributed by atoms with Gasteiger partial charge < -0.3 is 20.1 Å².